The lowest BCUT2D eigenvalue weighted by molar-refractivity contribution is -0.123. The summed E-state index contributed by atoms with van der Waals surface area (Å²) >= 11 is 0. The van der Waals surface area contributed by atoms with E-state index in [0.29, 0.717) is 12.1 Å². The monoisotopic (exact) mass is 261 g/mol. The Balaban J connectivity index is 1.98. The first-order valence-corrected chi connectivity index (χ1v) is 6.29. The maximum absolute atomic E-state index is 13.3. The van der Waals surface area contributed by atoms with E-state index in [-0.39, 0.29) is 17.6 Å². The number of nitrogens with two attached hydrogens (primary N) is 1. The molecule has 0 aliphatic carbocycles. The van der Waals surface area contributed by atoms with Crippen molar-refractivity contribution in [1.29, 1.82) is 5.26 Å². The van der Waals surface area contributed by atoms with E-state index in [2.05, 4.69) is 4.90 Å². The van der Waals surface area contributed by atoms with Crippen molar-refractivity contribution < 1.29 is 9.18 Å². The van der Waals surface area contributed by atoms with E-state index in [9.17, 15) is 9.18 Å². The zero-order valence-electron chi connectivity index (χ0n) is 10.6. The predicted molar refractivity (Wildman–Crippen MR) is 68.3 cm³/mol. The molecule has 2 rings (SSSR count). The first-order chi connectivity index (χ1) is 9.08. The van der Waals surface area contributed by atoms with Crippen LogP contribution < -0.4 is 5.73 Å². The number of nitrogens with zero attached hydrogens (tertiary/aromatic N) is 2. The van der Waals surface area contributed by atoms with Gasteiger partial charge in [-0.15, -0.1) is 0 Å². The van der Waals surface area contributed by atoms with Crippen LogP contribution in [0.1, 0.15) is 24.0 Å². The normalized spacial score (nSPS) is 17.1. The van der Waals surface area contributed by atoms with Crippen molar-refractivity contribution in [2.45, 2.75) is 19.4 Å². The van der Waals surface area contributed by atoms with Gasteiger partial charge in [-0.1, -0.05) is 0 Å². The number of hydrogen-bond donors (Lipinski definition) is 1. The van der Waals surface area contributed by atoms with Gasteiger partial charge in [0.2, 0.25) is 5.91 Å². The molecule has 1 fully saturated rings. The third kappa shape index (κ3) is 3.52. The van der Waals surface area contributed by atoms with E-state index in [1.807, 2.05) is 6.07 Å². The molecule has 0 unspecified atom stereocenters. The molecule has 0 saturated carbocycles. The van der Waals surface area contributed by atoms with E-state index in [1.54, 1.807) is 6.07 Å². The van der Waals surface area contributed by atoms with Crippen LogP contribution in [0.3, 0.4) is 0 Å². The van der Waals surface area contributed by atoms with Gasteiger partial charge < -0.3 is 5.73 Å². The Labute approximate surface area is 111 Å². The van der Waals surface area contributed by atoms with E-state index >= 15 is 0 Å². The van der Waals surface area contributed by atoms with Crippen LogP contribution in [0.4, 0.5) is 4.39 Å². The third-order valence-corrected chi connectivity index (χ3v) is 3.48. The number of nitriles is 1. The maximum Gasteiger partial charge on any atom is 0.220 e. The van der Waals surface area contributed by atoms with Crippen LogP contribution >= 0.6 is 0 Å². The van der Waals surface area contributed by atoms with Crippen molar-refractivity contribution in [2.24, 2.45) is 11.7 Å². The molecular weight excluding hydrogens is 245 g/mol. The molecule has 1 heterocycles. The molecule has 0 atom stereocenters. The van der Waals surface area contributed by atoms with Gasteiger partial charge in [0.15, 0.2) is 0 Å². The molecule has 0 aromatic heterocycles. The van der Waals surface area contributed by atoms with Gasteiger partial charge in [-0.25, -0.2) is 4.39 Å². The van der Waals surface area contributed by atoms with Gasteiger partial charge in [0.1, 0.15) is 5.82 Å². The molecule has 0 radical (unpaired) electrons. The van der Waals surface area contributed by atoms with Crippen LogP contribution in [0, 0.1) is 23.1 Å². The molecule has 1 aliphatic rings. The molecular formula is C14H16FN3O. The number of benzene rings is 1. The van der Waals surface area contributed by atoms with E-state index in [4.69, 9.17) is 11.0 Å². The van der Waals surface area contributed by atoms with Gasteiger partial charge in [-0.05, 0) is 49.7 Å². The molecule has 19 heavy (non-hydrogen) atoms. The van der Waals surface area contributed by atoms with Gasteiger partial charge in [-0.3, -0.25) is 9.69 Å². The Morgan fingerprint density at radius 3 is 2.68 bits per heavy atom. The number of piperidine rings is 1. The summed E-state index contributed by atoms with van der Waals surface area (Å²) in [5.74, 6) is -0.670. The second kappa shape index (κ2) is 5.81. The Kier molecular flexibility index (Phi) is 4.13. The molecule has 100 valence electrons. The lowest BCUT2D eigenvalue weighted by atomic mass is 9.96. The average Bonchev–Trinajstić information content (AvgIpc) is 2.38. The number of primary amides is 1. The summed E-state index contributed by atoms with van der Waals surface area (Å²) in [5, 5.41) is 8.81. The van der Waals surface area contributed by atoms with E-state index in [0.717, 1.165) is 31.5 Å². The molecule has 1 amide bonds. The minimum atomic E-state index is -0.388. The smallest absolute Gasteiger partial charge is 0.220 e. The summed E-state index contributed by atoms with van der Waals surface area (Å²) in [4.78, 5) is 13.2. The predicted octanol–water partition coefficient (Wildman–Crippen LogP) is 1.39. The fourth-order valence-electron chi connectivity index (χ4n) is 2.44. The number of likely N-dealkylation sites (tertiary alicyclic amines) is 1. The van der Waals surface area contributed by atoms with Crippen molar-refractivity contribution in [1.82, 2.24) is 4.90 Å². The first-order valence-electron chi connectivity index (χ1n) is 6.29. The minimum Gasteiger partial charge on any atom is -0.369 e. The summed E-state index contributed by atoms with van der Waals surface area (Å²) in [6, 6.07) is 6.32. The van der Waals surface area contributed by atoms with Crippen molar-refractivity contribution in [2.75, 3.05) is 13.1 Å². The third-order valence-electron chi connectivity index (χ3n) is 3.48. The zero-order chi connectivity index (χ0) is 13.8. The van der Waals surface area contributed by atoms with Crippen LogP contribution in [0.5, 0.6) is 0 Å². The second-order valence-corrected chi connectivity index (χ2v) is 4.91. The van der Waals surface area contributed by atoms with Crippen LogP contribution in [0.25, 0.3) is 0 Å². The first kappa shape index (κ1) is 13.5. The maximum atomic E-state index is 13.3. The molecule has 1 aromatic carbocycles. The molecule has 1 aliphatic heterocycles. The molecule has 0 spiro atoms. The van der Waals surface area contributed by atoms with Gasteiger partial charge in [-0.2, -0.15) is 5.26 Å². The summed E-state index contributed by atoms with van der Waals surface area (Å²) in [6.45, 7) is 2.13. The molecule has 2 N–H and O–H groups in total. The number of carbonyl (C=O) groups excluding carboxylic acids is 1. The summed E-state index contributed by atoms with van der Waals surface area (Å²) in [6.07, 6.45) is 1.49. The highest BCUT2D eigenvalue weighted by atomic mass is 19.1. The van der Waals surface area contributed by atoms with Gasteiger partial charge in [0.25, 0.3) is 0 Å². The van der Waals surface area contributed by atoms with Crippen molar-refractivity contribution in [3.63, 3.8) is 0 Å². The SMILES string of the molecule is N#Cc1cc(F)cc(CN2CCC(C(N)=O)CC2)c1. The highest BCUT2D eigenvalue weighted by Gasteiger charge is 2.23. The van der Waals surface area contributed by atoms with Crippen LogP contribution in [0.2, 0.25) is 0 Å². The lowest BCUT2D eigenvalue weighted by Gasteiger charge is -2.30. The molecule has 1 saturated heterocycles. The molecule has 4 nitrogen and oxygen atoms in total. The Morgan fingerprint density at radius 1 is 1.42 bits per heavy atom. The van der Waals surface area contributed by atoms with Crippen molar-refractivity contribution >= 4 is 5.91 Å². The topological polar surface area (TPSA) is 70.1 Å². The quantitative estimate of drug-likeness (QED) is 0.894. The highest BCUT2D eigenvalue weighted by Crippen LogP contribution is 2.19. The Morgan fingerprint density at radius 2 is 2.11 bits per heavy atom. The van der Waals surface area contributed by atoms with Crippen LogP contribution in [-0.4, -0.2) is 23.9 Å². The molecule has 0 bridgehead atoms. The van der Waals surface area contributed by atoms with E-state index in [1.165, 1.54) is 12.1 Å². The summed E-state index contributed by atoms with van der Waals surface area (Å²) in [5.41, 5.74) is 6.40. The summed E-state index contributed by atoms with van der Waals surface area (Å²) in [7, 11) is 0. The van der Waals surface area contributed by atoms with Gasteiger partial charge >= 0.3 is 0 Å². The number of rotatable bonds is 3. The Hall–Kier alpha value is -1.93. The fourth-order valence-corrected chi connectivity index (χ4v) is 2.44. The fraction of sp³-hybridized carbons (Fsp3) is 0.429. The van der Waals surface area contributed by atoms with Crippen LogP contribution in [0.15, 0.2) is 18.2 Å². The minimum absolute atomic E-state index is 0.0431. The number of carbonyl (C=O) groups is 1. The van der Waals surface area contributed by atoms with Crippen molar-refractivity contribution in [3.05, 3.63) is 35.1 Å². The largest absolute Gasteiger partial charge is 0.369 e. The van der Waals surface area contributed by atoms with Gasteiger partial charge in [0, 0.05) is 12.5 Å². The molecule has 5 heteroatoms. The number of halogens is 1. The Bertz CT molecular complexity index is 516. The number of amides is 1. The van der Waals surface area contributed by atoms with Gasteiger partial charge in [0.05, 0.1) is 11.6 Å². The number of hydrogen-bond acceptors (Lipinski definition) is 3. The van der Waals surface area contributed by atoms with E-state index < -0.39 is 0 Å². The van der Waals surface area contributed by atoms with Crippen molar-refractivity contribution in [3.8, 4) is 6.07 Å². The van der Waals surface area contributed by atoms with Crippen LogP contribution in [-0.2, 0) is 11.3 Å². The molecule has 1 aromatic rings. The zero-order valence-corrected chi connectivity index (χ0v) is 10.6. The second-order valence-electron chi connectivity index (χ2n) is 4.91. The standard InChI is InChI=1S/C14H16FN3O/c15-13-6-10(8-16)5-11(7-13)9-18-3-1-12(2-4-18)14(17)19/h5-7,12H,1-4,9H2,(H2,17,19). The average molecular weight is 261 g/mol. The lowest BCUT2D eigenvalue weighted by Crippen LogP contribution is -2.38. The summed E-state index contributed by atoms with van der Waals surface area (Å²) < 4.78 is 13.3. The highest BCUT2D eigenvalue weighted by molar-refractivity contribution is 5.76.